The lowest BCUT2D eigenvalue weighted by Crippen LogP contribution is -2.22. The number of hydrogen-bond acceptors (Lipinski definition) is 9. The highest BCUT2D eigenvalue weighted by molar-refractivity contribution is 6.02. The van der Waals surface area contributed by atoms with Gasteiger partial charge in [0, 0.05) is 0 Å². The number of phenols is 1. The highest BCUT2D eigenvalue weighted by Crippen LogP contribution is 2.17. The van der Waals surface area contributed by atoms with Crippen molar-refractivity contribution in [2.45, 2.75) is 33.1 Å². The Bertz CT molecular complexity index is 990. The molecule has 3 rings (SSSR count). The fraction of sp³-hybridized carbons (Fsp3) is 0.294. The van der Waals surface area contributed by atoms with E-state index >= 15 is 0 Å². The number of carbonyl (C=O) groups is 1. The van der Waals surface area contributed by atoms with Crippen LogP contribution in [0, 0.1) is 0 Å². The summed E-state index contributed by atoms with van der Waals surface area (Å²) in [6.45, 7) is 3.87. The van der Waals surface area contributed by atoms with Gasteiger partial charge in [0.2, 0.25) is 11.6 Å². The van der Waals surface area contributed by atoms with Crippen LogP contribution in [-0.2, 0) is 6.42 Å². The van der Waals surface area contributed by atoms with Crippen LogP contribution in [0.15, 0.2) is 34.0 Å². The summed E-state index contributed by atoms with van der Waals surface area (Å²) in [4.78, 5) is 12.6. The second-order valence-electron chi connectivity index (χ2n) is 5.92. The topological polar surface area (TPSA) is 157 Å². The SMILES string of the molecule is CCCc1c(C(=O)N/N=C(/CC)c2ccc(O)cc2)nnn1-c1nonc1N. The number of hydrazone groups is 1. The number of nitrogen functional groups attached to an aromatic ring is 1. The van der Waals surface area contributed by atoms with Gasteiger partial charge in [0.25, 0.3) is 5.91 Å². The fourth-order valence-corrected chi connectivity index (χ4v) is 2.62. The zero-order valence-corrected chi connectivity index (χ0v) is 15.5. The number of nitrogens with two attached hydrogens (primary N) is 1. The summed E-state index contributed by atoms with van der Waals surface area (Å²) in [5.41, 5.74) is 10.3. The number of benzene rings is 1. The summed E-state index contributed by atoms with van der Waals surface area (Å²) < 4.78 is 5.94. The number of phenolic OH excluding ortho intramolecular Hbond substituents is 1. The molecule has 28 heavy (non-hydrogen) atoms. The van der Waals surface area contributed by atoms with Crippen molar-refractivity contribution in [3.05, 3.63) is 41.2 Å². The standard InChI is InChI=1S/C17H20N8O3/c1-3-5-13-14(20-24-25(13)16-15(18)22-28-23-16)17(27)21-19-12(4-2)10-6-8-11(26)9-7-10/h6-9,26H,3-5H2,1-2H3,(H2,18,22)(H,21,27)/b19-12-. The van der Waals surface area contributed by atoms with E-state index in [0.29, 0.717) is 24.2 Å². The Hall–Kier alpha value is -3.76. The maximum absolute atomic E-state index is 12.6. The third-order valence-electron chi connectivity index (χ3n) is 3.99. The largest absolute Gasteiger partial charge is 0.508 e. The summed E-state index contributed by atoms with van der Waals surface area (Å²) in [6, 6.07) is 6.57. The molecule has 0 aliphatic heterocycles. The first-order valence-corrected chi connectivity index (χ1v) is 8.74. The monoisotopic (exact) mass is 384 g/mol. The minimum Gasteiger partial charge on any atom is -0.508 e. The Labute approximate surface area is 160 Å². The van der Waals surface area contributed by atoms with E-state index in [9.17, 15) is 9.90 Å². The van der Waals surface area contributed by atoms with Crippen LogP contribution >= 0.6 is 0 Å². The average molecular weight is 384 g/mol. The molecular formula is C17H20N8O3. The van der Waals surface area contributed by atoms with Crippen LogP contribution in [0.4, 0.5) is 5.82 Å². The number of anilines is 1. The normalized spacial score (nSPS) is 11.6. The van der Waals surface area contributed by atoms with Crippen molar-refractivity contribution < 1.29 is 14.5 Å². The molecule has 0 unspecified atom stereocenters. The van der Waals surface area contributed by atoms with Gasteiger partial charge in [-0.25, -0.2) is 10.1 Å². The Balaban J connectivity index is 1.87. The molecule has 2 heterocycles. The van der Waals surface area contributed by atoms with Crippen molar-refractivity contribution in [1.82, 2.24) is 30.7 Å². The van der Waals surface area contributed by atoms with Gasteiger partial charge in [-0.05, 0) is 53.0 Å². The van der Waals surface area contributed by atoms with Gasteiger partial charge in [0.1, 0.15) is 5.75 Å². The van der Waals surface area contributed by atoms with Gasteiger partial charge >= 0.3 is 0 Å². The van der Waals surface area contributed by atoms with Crippen LogP contribution in [0.5, 0.6) is 5.75 Å². The summed E-state index contributed by atoms with van der Waals surface area (Å²) >= 11 is 0. The number of aromatic nitrogens is 5. The van der Waals surface area contributed by atoms with Crippen molar-refractivity contribution >= 4 is 17.4 Å². The number of rotatable bonds is 7. The van der Waals surface area contributed by atoms with Crippen molar-refractivity contribution in [2.75, 3.05) is 5.73 Å². The van der Waals surface area contributed by atoms with Gasteiger partial charge in [0.15, 0.2) is 5.69 Å². The van der Waals surface area contributed by atoms with E-state index in [4.69, 9.17) is 5.73 Å². The lowest BCUT2D eigenvalue weighted by atomic mass is 10.1. The molecule has 0 bridgehead atoms. The molecule has 146 valence electrons. The maximum Gasteiger partial charge on any atom is 0.293 e. The molecule has 0 radical (unpaired) electrons. The number of carbonyl (C=O) groups excluding carboxylic acids is 1. The number of nitrogens with one attached hydrogen (secondary N) is 1. The molecule has 0 spiro atoms. The molecule has 11 nitrogen and oxygen atoms in total. The zero-order chi connectivity index (χ0) is 20.1. The number of nitrogens with zero attached hydrogens (tertiary/aromatic N) is 6. The van der Waals surface area contributed by atoms with E-state index in [1.165, 1.54) is 4.68 Å². The zero-order valence-electron chi connectivity index (χ0n) is 15.5. The highest BCUT2D eigenvalue weighted by atomic mass is 16.6. The quantitative estimate of drug-likeness (QED) is 0.408. The first kappa shape index (κ1) is 19.0. The Morgan fingerprint density at radius 1 is 1.29 bits per heavy atom. The van der Waals surface area contributed by atoms with Crippen LogP contribution in [-0.4, -0.2) is 42.0 Å². The summed E-state index contributed by atoms with van der Waals surface area (Å²) in [6.07, 6.45) is 1.85. The predicted octanol–water partition coefficient (Wildman–Crippen LogP) is 1.43. The Morgan fingerprint density at radius 3 is 2.64 bits per heavy atom. The van der Waals surface area contributed by atoms with Crippen LogP contribution < -0.4 is 11.2 Å². The van der Waals surface area contributed by atoms with E-state index in [1.807, 2.05) is 13.8 Å². The molecule has 3 aromatic rings. The molecule has 4 N–H and O–H groups in total. The Morgan fingerprint density at radius 2 is 2.04 bits per heavy atom. The van der Waals surface area contributed by atoms with E-state index in [2.05, 4.69) is 35.8 Å². The molecule has 11 heteroatoms. The van der Waals surface area contributed by atoms with E-state index in [0.717, 1.165) is 12.0 Å². The van der Waals surface area contributed by atoms with Gasteiger partial charge in [-0.15, -0.1) is 5.10 Å². The van der Waals surface area contributed by atoms with Crippen molar-refractivity contribution in [2.24, 2.45) is 5.10 Å². The van der Waals surface area contributed by atoms with Gasteiger partial charge in [-0.3, -0.25) is 4.79 Å². The van der Waals surface area contributed by atoms with Gasteiger partial charge in [0.05, 0.1) is 11.4 Å². The molecule has 0 fully saturated rings. The first-order chi connectivity index (χ1) is 13.5. The summed E-state index contributed by atoms with van der Waals surface area (Å²) in [7, 11) is 0. The molecule has 1 aromatic carbocycles. The predicted molar refractivity (Wildman–Crippen MR) is 100 cm³/mol. The third kappa shape index (κ3) is 3.82. The van der Waals surface area contributed by atoms with Gasteiger partial charge in [-0.1, -0.05) is 25.5 Å². The molecule has 0 saturated heterocycles. The molecule has 1 amide bonds. The van der Waals surface area contributed by atoms with E-state index in [-0.39, 0.29) is 23.1 Å². The van der Waals surface area contributed by atoms with Crippen molar-refractivity contribution in [3.8, 4) is 11.6 Å². The molecule has 0 aliphatic rings. The van der Waals surface area contributed by atoms with Crippen LogP contribution in [0.1, 0.15) is 48.4 Å². The highest BCUT2D eigenvalue weighted by Gasteiger charge is 2.23. The van der Waals surface area contributed by atoms with Crippen LogP contribution in [0.25, 0.3) is 5.82 Å². The van der Waals surface area contributed by atoms with E-state index in [1.54, 1.807) is 24.3 Å². The lowest BCUT2D eigenvalue weighted by Gasteiger charge is -2.06. The van der Waals surface area contributed by atoms with Gasteiger partial charge in [-0.2, -0.15) is 9.78 Å². The minimum absolute atomic E-state index is 0.0489. The summed E-state index contributed by atoms with van der Waals surface area (Å²) in [5.74, 6) is -0.121. The second-order valence-corrected chi connectivity index (χ2v) is 5.92. The maximum atomic E-state index is 12.6. The fourth-order valence-electron chi connectivity index (χ4n) is 2.62. The smallest absolute Gasteiger partial charge is 0.293 e. The first-order valence-electron chi connectivity index (χ1n) is 8.74. The Kier molecular flexibility index (Phi) is 5.63. The number of amides is 1. The molecule has 0 saturated carbocycles. The van der Waals surface area contributed by atoms with E-state index < -0.39 is 5.91 Å². The van der Waals surface area contributed by atoms with Crippen LogP contribution in [0.3, 0.4) is 0 Å². The number of aromatic hydroxyl groups is 1. The minimum atomic E-state index is -0.505. The summed E-state index contributed by atoms with van der Waals surface area (Å²) in [5, 5.41) is 28.7. The third-order valence-corrected chi connectivity index (χ3v) is 3.99. The molecular weight excluding hydrogens is 364 g/mol. The van der Waals surface area contributed by atoms with Gasteiger partial charge < -0.3 is 10.8 Å². The number of hydrogen-bond donors (Lipinski definition) is 3. The van der Waals surface area contributed by atoms with Crippen molar-refractivity contribution in [1.29, 1.82) is 0 Å². The lowest BCUT2D eigenvalue weighted by molar-refractivity contribution is 0.0948. The molecule has 2 aromatic heterocycles. The second kappa shape index (κ2) is 8.29. The van der Waals surface area contributed by atoms with Crippen molar-refractivity contribution in [3.63, 3.8) is 0 Å². The molecule has 0 aliphatic carbocycles. The molecule has 0 atom stereocenters. The average Bonchev–Trinajstić information content (AvgIpc) is 3.29. The van der Waals surface area contributed by atoms with Crippen LogP contribution in [0.2, 0.25) is 0 Å².